The van der Waals surface area contributed by atoms with E-state index in [1.165, 1.54) is 0 Å². The second-order valence-electron chi connectivity index (χ2n) is 6.54. The Bertz CT molecular complexity index is 1160. The minimum atomic E-state index is -0.248. The summed E-state index contributed by atoms with van der Waals surface area (Å²) in [4.78, 5) is 21.6. The zero-order valence-electron chi connectivity index (χ0n) is 16.3. The molecule has 0 saturated heterocycles. The Morgan fingerprint density at radius 1 is 0.966 bits per heavy atom. The van der Waals surface area contributed by atoms with Gasteiger partial charge in [-0.25, -0.2) is 9.97 Å². The third-order valence-corrected chi connectivity index (χ3v) is 4.52. The maximum atomic E-state index is 12.6. The molecule has 0 aliphatic carbocycles. The molecule has 2 aromatic carbocycles. The molecular weight excluding hydrogens is 368 g/mol. The molecule has 0 unspecified atom stereocenters. The normalized spacial score (nSPS) is 10.7. The number of nitrogens with one attached hydrogen (secondary N) is 1. The largest absolute Gasteiger partial charge is 0.497 e. The molecule has 0 bridgehead atoms. The van der Waals surface area contributed by atoms with Gasteiger partial charge in [0, 0.05) is 41.0 Å². The van der Waals surface area contributed by atoms with Crippen molar-refractivity contribution in [1.82, 2.24) is 14.4 Å². The van der Waals surface area contributed by atoms with Gasteiger partial charge in [0.15, 0.2) is 0 Å². The van der Waals surface area contributed by atoms with E-state index in [1.807, 2.05) is 54.0 Å². The summed E-state index contributed by atoms with van der Waals surface area (Å²) in [5.41, 5.74) is 3.81. The maximum absolute atomic E-state index is 12.6. The van der Waals surface area contributed by atoms with Crippen LogP contribution in [0.15, 0.2) is 60.9 Å². The number of nitrogens with zero attached hydrogens (tertiary/aromatic N) is 3. The zero-order valence-corrected chi connectivity index (χ0v) is 16.3. The quantitative estimate of drug-likeness (QED) is 0.560. The van der Waals surface area contributed by atoms with Crippen molar-refractivity contribution in [2.45, 2.75) is 6.92 Å². The Hall–Kier alpha value is -3.87. The molecule has 0 atom stereocenters. The van der Waals surface area contributed by atoms with Crippen LogP contribution < -0.4 is 14.8 Å². The van der Waals surface area contributed by atoms with E-state index in [4.69, 9.17) is 9.47 Å². The van der Waals surface area contributed by atoms with Crippen LogP contribution in [0.2, 0.25) is 0 Å². The summed E-state index contributed by atoms with van der Waals surface area (Å²) in [5, 5.41) is 2.89. The van der Waals surface area contributed by atoms with Crippen LogP contribution in [0.25, 0.3) is 17.0 Å². The van der Waals surface area contributed by atoms with E-state index in [0.29, 0.717) is 28.5 Å². The van der Waals surface area contributed by atoms with Crippen molar-refractivity contribution in [1.29, 1.82) is 0 Å². The number of benzene rings is 2. The predicted octanol–water partition coefficient (Wildman–Crippen LogP) is 3.97. The van der Waals surface area contributed by atoms with E-state index in [1.54, 1.807) is 32.4 Å². The first-order chi connectivity index (χ1) is 14.1. The summed E-state index contributed by atoms with van der Waals surface area (Å²) in [7, 11) is 3.09. The van der Waals surface area contributed by atoms with Crippen LogP contribution >= 0.6 is 0 Å². The number of carbonyl (C=O) groups excluding carboxylic acids is 1. The lowest BCUT2D eigenvalue weighted by atomic mass is 10.1. The number of fused-ring (bicyclic) bond motifs is 1. The average molecular weight is 388 g/mol. The second-order valence-corrected chi connectivity index (χ2v) is 6.54. The van der Waals surface area contributed by atoms with Crippen molar-refractivity contribution in [2.75, 3.05) is 19.5 Å². The van der Waals surface area contributed by atoms with Gasteiger partial charge in [0.05, 0.1) is 19.9 Å². The molecule has 29 heavy (non-hydrogen) atoms. The number of aromatic nitrogens is 3. The number of aryl methyl sites for hydroxylation is 1. The van der Waals surface area contributed by atoms with Crippen LogP contribution in [0.4, 0.5) is 5.69 Å². The number of imidazole rings is 1. The molecule has 146 valence electrons. The number of hydrogen-bond acceptors (Lipinski definition) is 5. The Kier molecular flexibility index (Phi) is 4.87. The van der Waals surface area contributed by atoms with Crippen LogP contribution in [-0.2, 0) is 0 Å². The van der Waals surface area contributed by atoms with Crippen LogP contribution in [0, 0.1) is 6.92 Å². The van der Waals surface area contributed by atoms with Gasteiger partial charge in [-0.05, 0) is 37.3 Å². The highest BCUT2D eigenvalue weighted by atomic mass is 16.5. The number of anilines is 1. The summed E-state index contributed by atoms with van der Waals surface area (Å²) < 4.78 is 12.3. The zero-order chi connectivity index (χ0) is 20.4. The van der Waals surface area contributed by atoms with E-state index in [-0.39, 0.29) is 5.91 Å². The molecule has 1 amide bonds. The van der Waals surface area contributed by atoms with Crippen LogP contribution in [-0.4, -0.2) is 34.5 Å². The Morgan fingerprint density at radius 3 is 2.31 bits per heavy atom. The topological polar surface area (TPSA) is 77.8 Å². The number of methoxy groups -OCH3 is 2. The van der Waals surface area contributed by atoms with Gasteiger partial charge in [0.25, 0.3) is 5.91 Å². The summed E-state index contributed by atoms with van der Waals surface area (Å²) in [6.45, 7) is 1.93. The van der Waals surface area contributed by atoms with E-state index in [2.05, 4.69) is 15.3 Å². The van der Waals surface area contributed by atoms with Gasteiger partial charge in [-0.3, -0.25) is 9.20 Å². The standard InChI is InChI=1S/C22H20N4O3/c1-14-8-9-26-13-20(25-22(26)23-14)15-4-6-17(7-5-15)24-21(27)16-10-18(28-2)12-19(11-16)29-3/h4-13H,1-3H3,(H,24,27). The number of amides is 1. The van der Waals surface area contributed by atoms with Gasteiger partial charge < -0.3 is 14.8 Å². The van der Waals surface area contributed by atoms with Crippen molar-refractivity contribution in [3.63, 3.8) is 0 Å². The number of carbonyl (C=O) groups is 1. The molecule has 4 aromatic rings. The summed E-state index contributed by atoms with van der Waals surface area (Å²) in [6, 6.07) is 14.5. The van der Waals surface area contributed by atoms with Gasteiger partial charge in [-0.2, -0.15) is 0 Å². The highest BCUT2D eigenvalue weighted by Gasteiger charge is 2.11. The molecule has 0 aliphatic heterocycles. The first kappa shape index (κ1) is 18.5. The number of hydrogen-bond donors (Lipinski definition) is 1. The van der Waals surface area contributed by atoms with E-state index < -0.39 is 0 Å². The number of rotatable bonds is 5. The van der Waals surface area contributed by atoms with Crippen molar-refractivity contribution >= 4 is 17.4 Å². The Morgan fingerprint density at radius 2 is 1.66 bits per heavy atom. The molecule has 2 aromatic heterocycles. The lowest BCUT2D eigenvalue weighted by Gasteiger charge is -2.09. The third-order valence-electron chi connectivity index (χ3n) is 4.52. The van der Waals surface area contributed by atoms with E-state index in [0.717, 1.165) is 17.0 Å². The highest BCUT2D eigenvalue weighted by Crippen LogP contribution is 2.24. The van der Waals surface area contributed by atoms with Gasteiger partial charge in [-0.1, -0.05) is 12.1 Å². The molecule has 0 radical (unpaired) electrons. The molecule has 0 saturated carbocycles. The van der Waals surface area contributed by atoms with Crippen LogP contribution in [0.1, 0.15) is 16.1 Å². The van der Waals surface area contributed by atoms with Gasteiger partial charge >= 0.3 is 0 Å². The molecule has 4 rings (SSSR count). The molecule has 7 heteroatoms. The fraction of sp³-hybridized carbons (Fsp3) is 0.136. The smallest absolute Gasteiger partial charge is 0.255 e. The fourth-order valence-corrected chi connectivity index (χ4v) is 2.96. The fourth-order valence-electron chi connectivity index (χ4n) is 2.96. The lowest BCUT2D eigenvalue weighted by Crippen LogP contribution is -2.12. The summed E-state index contributed by atoms with van der Waals surface area (Å²) >= 11 is 0. The highest BCUT2D eigenvalue weighted by molar-refractivity contribution is 6.04. The van der Waals surface area contributed by atoms with Crippen LogP contribution in [0.3, 0.4) is 0 Å². The summed E-state index contributed by atoms with van der Waals surface area (Å²) in [5.74, 6) is 1.52. The molecule has 7 nitrogen and oxygen atoms in total. The van der Waals surface area contributed by atoms with Crippen molar-refractivity contribution < 1.29 is 14.3 Å². The lowest BCUT2D eigenvalue weighted by molar-refractivity contribution is 0.102. The van der Waals surface area contributed by atoms with Gasteiger partial charge in [0.1, 0.15) is 11.5 Å². The molecule has 2 heterocycles. The maximum Gasteiger partial charge on any atom is 0.255 e. The number of ether oxygens (including phenoxy) is 2. The molecule has 1 N–H and O–H groups in total. The van der Waals surface area contributed by atoms with E-state index in [9.17, 15) is 4.79 Å². The predicted molar refractivity (Wildman–Crippen MR) is 111 cm³/mol. The van der Waals surface area contributed by atoms with Crippen LogP contribution in [0.5, 0.6) is 11.5 Å². The minimum absolute atomic E-state index is 0.248. The van der Waals surface area contributed by atoms with E-state index >= 15 is 0 Å². The van der Waals surface area contributed by atoms with Crippen molar-refractivity contribution in [2.24, 2.45) is 0 Å². The molecule has 0 fully saturated rings. The molecule has 0 aliphatic rings. The second kappa shape index (κ2) is 7.63. The molecule has 0 spiro atoms. The first-order valence-corrected chi connectivity index (χ1v) is 9.03. The minimum Gasteiger partial charge on any atom is -0.497 e. The Balaban J connectivity index is 1.54. The average Bonchev–Trinajstić information content (AvgIpc) is 3.17. The third kappa shape index (κ3) is 3.89. The first-order valence-electron chi connectivity index (χ1n) is 9.03. The van der Waals surface area contributed by atoms with Gasteiger partial charge in [0.2, 0.25) is 5.78 Å². The van der Waals surface area contributed by atoms with Crippen molar-refractivity contribution in [3.8, 4) is 22.8 Å². The monoisotopic (exact) mass is 388 g/mol. The Labute approximate surface area is 168 Å². The molecular formula is C22H20N4O3. The van der Waals surface area contributed by atoms with Crippen molar-refractivity contribution in [3.05, 3.63) is 72.2 Å². The van der Waals surface area contributed by atoms with Gasteiger partial charge in [-0.15, -0.1) is 0 Å². The summed E-state index contributed by atoms with van der Waals surface area (Å²) in [6.07, 6.45) is 3.86. The SMILES string of the molecule is COc1cc(OC)cc(C(=O)Nc2ccc(-c3cn4ccc(C)nc4n3)cc2)c1.